The van der Waals surface area contributed by atoms with E-state index in [2.05, 4.69) is 0 Å². The van der Waals surface area contributed by atoms with Gasteiger partial charge in [-0.05, 0) is 43.2 Å². The van der Waals surface area contributed by atoms with Gasteiger partial charge in [0.05, 0.1) is 60.6 Å². The zero-order valence-electron chi connectivity index (χ0n) is 21.1. The van der Waals surface area contributed by atoms with Crippen LogP contribution in [0.2, 0.25) is 0 Å². The van der Waals surface area contributed by atoms with Crippen molar-refractivity contribution >= 4 is 43.4 Å². The van der Waals surface area contributed by atoms with Crippen LogP contribution in [0.5, 0.6) is 11.5 Å². The normalized spacial score (nSPS) is 12.2. The summed E-state index contributed by atoms with van der Waals surface area (Å²) in [6, 6.07) is 6.32. The molecule has 208 valence electrons. The van der Waals surface area contributed by atoms with Crippen molar-refractivity contribution < 1.29 is 40.1 Å². The van der Waals surface area contributed by atoms with Crippen molar-refractivity contribution in [3.63, 3.8) is 0 Å². The predicted molar refractivity (Wildman–Crippen MR) is 142 cm³/mol. The number of hydrogen-bond acceptors (Lipinski definition) is 12. The van der Waals surface area contributed by atoms with Gasteiger partial charge in [-0.25, -0.2) is 13.3 Å². The van der Waals surface area contributed by atoms with Crippen LogP contribution in [0.1, 0.15) is 11.1 Å². The number of nitrogens with zero attached hydrogens (tertiary/aromatic N) is 1. The van der Waals surface area contributed by atoms with E-state index in [4.69, 9.17) is 34.7 Å². The number of nitrogen functional groups attached to an aromatic ring is 2. The number of hydrogen-bond donors (Lipinski definition) is 3. The Labute approximate surface area is 222 Å². The second-order valence-electron chi connectivity index (χ2n) is 8.14. The van der Waals surface area contributed by atoms with Crippen molar-refractivity contribution in [1.82, 2.24) is 4.90 Å². The summed E-state index contributed by atoms with van der Waals surface area (Å²) in [5.41, 5.74) is 13.8. The van der Waals surface area contributed by atoms with Gasteiger partial charge in [-0.3, -0.25) is 9.45 Å². The topological polar surface area (TPSA) is 181 Å². The highest BCUT2D eigenvalue weighted by molar-refractivity contribution is 7.94. The second-order valence-corrected chi connectivity index (χ2v) is 12.5. The Kier molecular flexibility index (Phi) is 11.3. The molecule has 0 saturated heterocycles. The second kappa shape index (κ2) is 13.5. The van der Waals surface area contributed by atoms with E-state index in [9.17, 15) is 16.8 Å². The van der Waals surface area contributed by atoms with E-state index in [0.29, 0.717) is 22.7 Å². The molecule has 0 fully saturated rings. The Morgan fingerprint density at radius 2 is 1.43 bits per heavy atom. The van der Waals surface area contributed by atoms with Crippen LogP contribution in [0, 0.1) is 13.8 Å². The van der Waals surface area contributed by atoms with Crippen LogP contribution in [-0.2, 0) is 29.2 Å². The van der Waals surface area contributed by atoms with E-state index in [1.807, 2.05) is 6.92 Å². The molecule has 15 heteroatoms. The highest BCUT2D eigenvalue weighted by Crippen LogP contribution is 2.32. The molecular weight excluding hydrogens is 546 g/mol. The monoisotopic (exact) mass is 579 g/mol. The first-order valence-electron chi connectivity index (χ1n) is 11.0. The van der Waals surface area contributed by atoms with Gasteiger partial charge in [-0.2, -0.15) is 12.8 Å². The van der Waals surface area contributed by atoms with Crippen LogP contribution in [0.25, 0.3) is 0 Å². The van der Waals surface area contributed by atoms with Crippen molar-refractivity contribution in [1.29, 1.82) is 0 Å². The van der Waals surface area contributed by atoms with E-state index in [1.165, 1.54) is 26.4 Å². The fourth-order valence-electron chi connectivity index (χ4n) is 3.36. The Morgan fingerprint density at radius 3 is 2.03 bits per heavy atom. The number of anilines is 2. The Morgan fingerprint density at radius 1 is 0.865 bits per heavy atom. The molecule has 0 aliphatic carbocycles. The summed E-state index contributed by atoms with van der Waals surface area (Å²) in [5, 5.41) is 0. The SMILES string of the molecule is COc1cc(SOOCCN(CCS(=O)(=O)O)CCS(=O)(=O)c2cc(OC)c(N)cc2C)c(C)cc1N. The van der Waals surface area contributed by atoms with Crippen LogP contribution < -0.4 is 20.9 Å². The van der Waals surface area contributed by atoms with E-state index < -0.39 is 25.7 Å². The molecule has 0 bridgehead atoms. The summed E-state index contributed by atoms with van der Waals surface area (Å²) in [6.45, 7) is 3.48. The fraction of sp³-hybridized carbons (Fsp3) is 0.455. The molecule has 2 aromatic carbocycles. The molecule has 0 atom stereocenters. The van der Waals surface area contributed by atoms with Crippen molar-refractivity contribution in [3.05, 3.63) is 35.4 Å². The zero-order chi connectivity index (χ0) is 27.8. The van der Waals surface area contributed by atoms with Crippen molar-refractivity contribution in [3.8, 4) is 11.5 Å². The van der Waals surface area contributed by atoms with E-state index in [1.54, 1.807) is 24.0 Å². The lowest BCUT2D eigenvalue weighted by molar-refractivity contribution is -0.193. The van der Waals surface area contributed by atoms with Crippen LogP contribution in [0.15, 0.2) is 34.1 Å². The average molecular weight is 580 g/mol. The molecule has 0 saturated carbocycles. The van der Waals surface area contributed by atoms with Crippen LogP contribution in [-0.4, -0.2) is 78.3 Å². The van der Waals surface area contributed by atoms with Crippen LogP contribution in [0.3, 0.4) is 0 Å². The van der Waals surface area contributed by atoms with Gasteiger partial charge in [0.1, 0.15) is 11.5 Å². The van der Waals surface area contributed by atoms with Crippen molar-refractivity contribution in [2.75, 3.05) is 63.4 Å². The Bertz CT molecular complexity index is 1290. The quantitative estimate of drug-likeness (QED) is 0.0697. The Balaban J connectivity index is 2.00. The molecule has 0 amide bonds. The molecule has 0 unspecified atom stereocenters. The maximum atomic E-state index is 13.0. The van der Waals surface area contributed by atoms with Crippen molar-refractivity contribution in [2.45, 2.75) is 23.6 Å². The number of methoxy groups -OCH3 is 2. The fourth-order valence-corrected chi connectivity index (χ4v) is 5.94. The summed E-state index contributed by atoms with van der Waals surface area (Å²) >= 11 is 0.946. The Hall–Kier alpha value is -2.27. The first kappa shape index (κ1) is 31.0. The number of aryl methyl sites for hydroxylation is 2. The molecule has 2 aromatic rings. The van der Waals surface area contributed by atoms with E-state index >= 15 is 0 Å². The molecule has 0 aromatic heterocycles. The molecule has 2 rings (SSSR count). The van der Waals surface area contributed by atoms with Gasteiger partial charge >= 0.3 is 0 Å². The lowest BCUT2D eigenvalue weighted by Gasteiger charge is -2.21. The lowest BCUT2D eigenvalue weighted by Crippen LogP contribution is -2.36. The molecule has 0 aliphatic rings. The summed E-state index contributed by atoms with van der Waals surface area (Å²) in [5.74, 6) is -0.151. The number of sulfone groups is 1. The first-order chi connectivity index (χ1) is 17.3. The molecule has 0 radical (unpaired) electrons. The smallest absolute Gasteiger partial charge is 0.266 e. The minimum Gasteiger partial charge on any atom is -0.495 e. The summed E-state index contributed by atoms with van der Waals surface area (Å²) in [6.07, 6.45) is 0. The molecule has 12 nitrogen and oxygen atoms in total. The predicted octanol–water partition coefficient (Wildman–Crippen LogP) is 2.10. The summed E-state index contributed by atoms with van der Waals surface area (Å²) in [7, 11) is -5.13. The largest absolute Gasteiger partial charge is 0.495 e. The number of nitrogens with two attached hydrogens (primary N) is 2. The average Bonchev–Trinajstić information content (AvgIpc) is 2.80. The molecule has 0 aliphatic heterocycles. The third-order valence-corrected chi connectivity index (χ3v) is 8.71. The van der Waals surface area contributed by atoms with Gasteiger partial charge in [0, 0.05) is 30.6 Å². The summed E-state index contributed by atoms with van der Waals surface area (Å²) in [4.78, 5) is 7.52. The van der Waals surface area contributed by atoms with Crippen LogP contribution >= 0.6 is 12.0 Å². The molecule has 0 heterocycles. The minimum atomic E-state index is -4.25. The minimum absolute atomic E-state index is 0.00159. The van der Waals surface area contributed by atoms with Gasteiger partial charge in [0.2, 0.25) is 0 Å². The zero-order valence-corrected chi connectivity index (χ0v) is 23.5. The van der Waals surface area contributed by atoms with E-state index in [-0.39, 0.29) is 42.6 Å². The maximum Gasteiger partial charge on any atom is 0.266 e. The molecule has 5 N–H and O–H groups in total. The summed E-state index contributed by atoms with van der Waals surface area (Å²) < 4.78 is 73.2. The highest BCUT2D eigenvalue weighted by Gasteiger charge is 2.22. The first-order valence-corrected chi connectivity index (χ1v) is 15.0. The third-order valence-electron chi connectivity index (χ3n) is 5.39. The van der Waals surface area contributed by atoms with Gasteiger partial charge in [0.25, 0.3) is 10.1 Å². The van der Waals surface area contributed by atoms with E-state index in [0.717, 1.165) is 22.5 Å². The number of rotatable bonds is 15. The van der Waals surface area contributed by atoms with Gasteiger partial charge in [0.15, 0.2) is 9.84 Å². The van der Waals surface area contributed by atoms with Gasteiger partial charge < -0.3 is 20.9 Å². The molecular formula is C22H33N3O9S3. The third kappa shape index (κ3) is 9.52. The van der Waals surface area contributed by atoms with Gasteiger partial charge in [-0.1, -0.05) is 0 Å². The maximum absolute atomic E-state index is 13.0. The number of benzene rings is 2. The molecule has 37 heavy (non-hydrogen) atoms. The van der Waals surface area contributed by atoms with Gasteiger partial charge in [-0.15, -0.1) is 0 Å². The highest BCUT2D eigenvalue weighted by atomic mass is 32.2. The standard InChI is InChI=1S/C22H33N3O9S3/c1-15-11-17(23)19(31-3)13-21(15)35-34-33-8-5-25(7-10-37(28,29)30)6-9-36(26,27)22-14-20(32-4)18(24)12-16(22)2/h11-14H,5-10,23-24H2,1-4H3,(H,28,29,30). The molecule has 0 spiro atoms. The van der Waals surface area contributed by atoms with Crippen molar-refractivity contribution in [2.24, 2.45) is 0 Å². The number of ether oxygens (including phenoxy) is 2. The lowest BCUT2D eigenvalue weighted by atomic mass is 10.2. The van der Waals surface area contributed by atoms with Crippen LogP contribution in [0.4, 0.5) is 11.4 Å².